The third-order valence-electron chi connectivity index (χ3n) is 6.28. The van der Waals surface area contributed by atoms with E-state index in [4.69, 9.17) is 14.2 Å². The number of ketones is 1. The van der Waals surface area contributed by atoms with Gasteiger partial charge >= 0.3 is 0 Å². The predicted octanol–water partition coefficient (Wildman–Crippen LogP) is 4.51. The quantitative estimate of drug-likeness (QED) is 0.411. The Kier molecular flexibility index (Phi) is 7.50. The van der Waals surface area contributed by atoms with Crippen LogP contribution in [-0.4, -0.2) is 62.0 Å². The standard InChI is InChI=1S/C26H31FN2O4/c1-28(18-25-26(30)23-17-22(31-2)9-10-24(23)33-25)20-11-14-29(15-12-20)13-3-4-16-32-21-7-5-19(27)6-8-21/h5-10,17-18,20H,3-4,11-16H2,1-2H3. The smallest absolute Gasteiger partial charge is 0.233 e. The molecular formula is C26H31FN2O4. The Morgan fingerprint density at radius 3 is 2.58 bits per heavy atom. The average molecular weight is 455 g/mol. The molecule has 2 heterocycles. The highest BCUT2D eigenvalue weighted by Gasteiger charge is 2.29. The van der Waals surface area contributed by atoms with E-state index in [0.29, 0.717) is 41.2 Å². The molecule has 0 N–H and O–H groups in total. The van der Waals surface area contributed by atoms with Crippen molar-refractivity contribution in [3.63, 3.8) is 0 Å². The van der Waals surface area contributed by atoms with Crippen molar-refractivity contribution < 1.29 is 23.4 Å². The van der Waals surface area contributed by atoms with Crippen molar-refractivity contribution in [2.24, 2.45) is 0 Å². The largest absolute Gasteiger partial charge is 0.497 e. The Hall–Kier alpha value is -3.06. The third-order valence-corrected chi connectivity index (χ3v) is 6.28. The first-order chi connectivity index (χ1) is 16.0. The van der Waals surface area contributed by atoms with Gasteiger partial charge in [-0.3, -0.25) is 4.79 Å². The molecule has 0 bridgehead atoms. The minimum absolute atomic E-state index is 0.101. The van der Waals surface area contributed by atoms with Gasteiger partial charge in [0.1, 0.15) is 23.1 Å². The molecule has 1 saturated heterocycles. The van der Waals surface area contributed by atoms with Crippen LogP contribution in [-0.2, 0) is 0 Å². The normalized spacial score (nSPS) is 17.7. The summed E-state index contributed by atoms with van der Waals surface area (Å²) >= 11 is 0. The number of likely N-dealkylation sites (tertiary alicyclic amines) is 1. The Labute approximate surface area is 194 Å². The fraction of sp³-hybridized carbons (Fsp3) is 0.423. The molecule has 0 spiro atoms. The minimum Gasteiger partial charge on any atom is -0.497 e. The number of allylic oxidation sites excluding steroid dienone is 1. The first-order valence-electron chi connectivity index (χ1n) is 11.5. The van der Waals surface area contributed by atoms with E-state index < -0.39 is 0 Å². The molecule has 0 atom stereocenters. The summed E-state index contributed by atoms with van der Waals surface area (Å²) in [7, 11) is 3.60. The number of carbonyl (C=O) groups excluding carboxylic acids is 1. The van der Waals surface area contributed by atoms with Gasteiger partial charge in [-0.2, -0.15) is 0 Å². The van der Waals surface area contributed by atoms with Crippen LogP contribution in [0.25, 0.3) is 0 Å². The molecule has 2 aliphatic rings. The maximum absolute atomic E-state index is 12.9. The summed E-state index contributed by atoms with van der Waals surface area (Å²) in [5.41, 5.74) is 0.548. The second-order valence-electron chi connectivity index (χ2n) is 8.53. The van der Waals surface area contributed by atoms with Gasteiger partial charge in [-0.15, -0.1) is 0 Å². The highest BCUT2D eigenvalue weighted by molar-refractivity contribution is 6.12. The lowest BCUT2D eigenvalue weighted by atomic mass is 10.0. The number of halogens is 1. The van der Waals surface area contributed by atoms with E-state index in [2.05, 4.69) is 9.80 Å². The lowest BCUT2D eigenvalue weighted by molar-refractivity contribution is 0.100. The number of carbonyl (C=O) groups is 1. The van der Waals surface area contributed by atoms with E-state index in [0.717, 1.165) is 45.3 Å². The van der Waals surface area contributed by atoms with Crippen molar-refractivity contribution in [3.05, 3.63) is 65.8 Å². The number of rotatable bonds is 9. The van der Waals surface area contributed by atoms with Gasteiger partial charge in [0.15, 0.2) is 5.76 Å². The van der Waals surface area contributed by atoms with Crippen LogP contribution in [0.1, 0.15) is 36.0 Å². The third kappa shape index (κ3) is 5.85. The molecule has 176 valence electrons. The maximum atomic E-state index is 12.9. The molecule has 2 aromatic carbocycles. The number of unbranched alkanes of at least 4 members (excludes halogenated alkanes) is 1. The number of ether oxygens (including phenoxy) is 3. The van der Waals surface area contributed by atoms with Crippen molar-refractivity contribution in [2.45, 2.75) is 31.7 Å². The van der Waals surface area contributed by atoms with E-state index in [1.165, 1.54) is 12.1 Å². The van der Waals surface area contributed by atoms with Crippen LogP contribution in [0.3, 0.4) is 0 Å². The summed E-state index contributed by atoms with van der Waals surface area (Å²) < 4.78 is 29.6. The van der Waals surface area contributed by atoms with Crippen molar-refractivity contribution in [1.82, 2.24) is 9.80 Å². The molecule has 7 heteroatoms. The lowest BCUT2D eigenvalue weighted by Crippen LogP contribution is -2.42. The summed E-state index contributed by atoms with van der Waals surface area (Å²) in [5, 5.41) is 0. The number of methoxy groups -OCH3 is 1. The molecule has 0 unspecified atom stereocenters. The van der Waals surface area contributed by atoms with Crippen LogP contribution >= 0.6 is 0 Å². The van der Waals surface area contributed by atoms with E-state index in [1.807, 2.05) is 13.2 Å². The van der Waals surface area contributed by atoms with Gasteiger partial charge in [-0.05, 0) is 74.7 Å². The number of fused-ring (bicyclic) bond motifs is 1. The fourth-order valence-electron chi connectivity index (χ4n) is 4.28. The Balaban J connectivity index is 1.17. The van der Waals surface area contributed by atoms with Crippen LogP contribution in [0.5, 0.6) is 17.2 Å². The van der Waals surface area contributed by atoms with Crippen LogP contribution in [0, 0.1) is 5.82 Å². The number of benzene rings is 2. The molecular weight excluding hydrogens is 423 g/mol. The summed E-state index contributed by atoms with van der Waals surface area (Å²) in [6, 6.07) is 11.8. The van der Waals surface area contributed by atoms with E-state index in [-0.39, 0.29) is 11.6 Å². The second kappa shape index (κ2) is 10.7. The molecule has 0 radical (unpaired) electrons. The summed E-state index contributed by atoms with van der Waals surface area (Å²) in [6.07, 6.45) is 5.95. The van der Waals surface area contributed by atoms with Crippen molar-refractivity contribution in [3.8, 4) is 17.2 Å². The number of nitrogens with zero attached hydrogens (tertiary/aromatic N) is 2. The zero-order valence-corrected chi connectivity index (χ0v) is 19.3. The molecule has 0 amide bonds. The number of piperidine rings is 1. The number of hydrogen-bond acceptors (Lipinski definition) is 6. The van der Waals surface area contributed by atoms with Gasteiger partial charge in [0.05, 0.1) is 19.3 Å². The van der Waals surface area contributed by atoms with Gasteiger partial charge in [-0.25, -0.2) is 4.39 Å². The molecule has 1 fully saturated rings. The zero-order chi connectivity index (χ0) is 23.2. The molecule has 0 saturated carbocycles. The van der Waals surface area contributed by atoms with E-state index >= 15 is 0 Å². The highest BCUT2D eigenvalue weighted by atomic mass is 19.1. The van der Waals surface area contributed by atoms with Crippen LogP contribution < -0.4 is 14.2 Å². The molecule has 6 nitrogen and oxygen atoms in total. The minimum atomic E-state index is -0.249. The topological polar surface area (TPSA) is 51.2 Å². The fourth-order valence-corrected chi connectivity index (χ4v) is 4.28. The second-order valence-corrected chi connectivity index (χ2v) is 8.53. The van der Waals surface area contributed by atoms with Crippen molar-refractivity contribution in [1.29, 1.82) is 0 Å². The molecule has 4 rings (SSSR count). The number of Topliss-reactive ketones (excluding diaryl/α,β-unsaturated/α-hetero) is 1. The molecule has 2 aliphatic heterocycles. The lowest BCUT2D eigenvalue weighted by Gasteiger charge is -2.36. The average Bonchev–Trinajstić information content (AvgIpc) is 3.14. The van der Waals surface area contributed by atoms with Crippen molar-refractivity contribution >= 4 is 5.78 Å². The van der Waals surface area contributed by atoms with Gasteiger partial charge in [0.25, 0.3) is 0 Å². The van der Waals surface area contributed by atoms with Crippen LogP contribution in [0.4, 0.5) is 4.39 Å². The monoisotopic (exact) mass is 454 g/mol. The Morgan fingerprint density at radius 1 is 1.12 bits per heavy atom. The predicted molar refractivity (Wildman–Crippen MR) is 124 cm³/mol. The highest BCUT2D eigenvalue weighted by Crippen LogP contribution is 2.34. The van der Waals surface area contributed by atoms with E-state index in [9.17, 15) is 9.18 Å². The first-order valence-corrected chi connectivity index (χ1v) is 11.5. The number of hydrogen-bond donors (Lipinski definition) is 0. The maximum Gasteiger partial charge on any atom is 0.233 e. The molecule has 0 aliphatic carbocycles. The van der Waals surface area contributed by atoms with Crippen LogP contribution in [0.2, 0.25) is 0 Å². The van der Waals surface area contributed by atoms with E-state index in [1.54, 1.807) is 37.4 Å². The Bertz CT molecular complexity index is 984. The van der Waals surface area contributed by atoms with Gasteiger partial charge in [0.2, 0.25) is 5.78 Å². The van der Waals surface area contributed by atoms with Crippen LogP contribution in [0.15, 0.2) is 54.4 Å². The first kappa shape index (κ1) is 23.1. The SMILES string of the molecule is COc1ccc2c(c1)C(=O)C(=CN(C)C1CCN(CCCCOc3ccc(F)cc3)CC1)O2. The van der Waals surface area contributed by atoms with Gasteiger partial charge in [0, 0.05) is 32.4 Å². The van der Waals surface area contributed by atoms with Crippen molar-refractivity contribution in [2.75, 3.05) is 40.4 Å². The summed E-state index contributed by atoms with van der Waals surface area (Å²) in [6.45, 7) is 3.75. The molecule has 33 heavy (non-hydrogen) atoms. The molecule has 2 aromatic rings. The summed E-state index contributed by atoms with van der Waals surface area (Å²) in [4.78, 5) is 17.3. The van der Waals surface area contributed by atoms with Gasteiger partial charge < -0.3 is 24.0 Å². The summed E-state index contributed by atoms with van der Waals surface area (Å²) in [5.74, 6) is 1.95. The van der Waals surface area contributed by atoms with Gasteiger partial charge in [-0.1, -0.05) is 0 Å². The zero-order valence-electron chi connectivity index (χ0n) is 19.3. The Morgan fingerprint density at radius 2 is 1.85 bits per heavy atom. The molecule has 0 aromatic heterocycles.